The fourth-order valence-electron chi connectivity index (χ4n) is 6.09. The predicted molar refractivity (Wildman–Crippen MR) is 195 cm³/mol. The number of carbonyl (C=O) groups is 7. The first-order valence-corrected chi connectivity index (χ1v) is 18.4. The van der Waals surface area contributed by atoms with E-state index >= 15 is 0 Å². The summed E-state index contributed by atoms with van der Waals surface area (Å²) in [6.07, 6.45) is 4.33. The number of likely N-dealkylation sites (tertiary alicyclic amines) is 1. The fourth-order valence-corrected chi connectivity index (χ4v) is 6.09. The standard InChI is InChI=1S/C35H59N9O10/c1-18(2)10-22(36)34(52)44-9-7-8-28(44)33(51)41-24(12-20(5)6)29(47)40-25(13-21-14-37-17-38-21)31(49)42-26(15-45)32(50)39-23(11-19(3)4)30(48)43-27(16-46)35(53)54/h14,17-20,22-28,45-46H,7-13,15-16,36H2,1-6H3,(H,37,38)(H,39,50)(H,40,47)(H,41,51)(H,42,49)(H,43,48)(H,53,54)/t22-,23-,24-,25-,26-,27-,28-/m0/s1. The summed E-state index contributed by atoms with van der Waals surface area (Å²) in [5.41, 5.74) is 6.59. The molecular formula is C35H59N9O10. The Bertz CT molecular complexity index is 1420. The molecule has 304 valence electrons. The number of hydrogen-bond acceptors (Lipinski definition) is 11. The number of aliphatic hydroxyl groups is 2. The number of rotatable bonds is 22. The second kappa shape index (κ2) is 21.9. The first-order valence-electron chi connectivity index (χ1n) is 18.4. The molecule has 7 atom stereocenters. The summed E-state index contributed by atoms with van der Waals surface area (Å²) in [7, 11) is 0. The van der Waals surface area contributed by atoms with E-state index in [4.69, 9.17) is 5.73 Å². The van der Waals surface area contributed by atoms with Crippen molar-refractivity contribution >= 4 is 41.4 Å². The molecule has 0 saturated carbocycles. The smallest absolute Gasteiger partial charge is 0.328 e. The van der Waals surface area contributed by atoms with Crippen LogP contribution in [0, 0.1) is 17.8 Å². The van der Waals surface area contributed by atoms with Crippen LogP contribution in [-0.4, -0.2) is 134 Å². The number of hydrogen-bond donors (Lipinski definition) is 10. The number of aliphatic carboxylic acids is 1. The summed E-state index contributed by atoms with van der Waals surface area (Å²) in [5.74, 6) is -5.88. The van der Waals surface area contributed by atoms with E-state index in [-0.39, 0.29) is 42.9 Å². The maximum absolute atomic E-state index is 13.8. The van der Waals surface area contributed by atoms with E-state index in [0.29, 0.717) is 31.5 Å². The van der Waals surface area contributed by atoms with Gasteiger partial charge in [0.05, 0.1) is 25.6 Å². The Hall–Kier alpha value is -4.62. The lowest BCUT2D eigenvalue weighted by molar-refractivity contribution is -0.143. The van der Waals surface area contributed by atoms with Crippen molar-refractivity contribution in [1.29, 1.82) is 0 Å². The highest BCUT2D eigenvalue weighted by molar-refractivity contribution is 5.97. The Morgan fingerprint density at radius 3 is 1.74 bits per heavy atom. The van der Waals surface area contributed by atoms with Crippen molar-refractivity contribution in [3.63, 3.8) is 0 Å². The molecule has 0 unspecified atom stereocenters. The molecule has 19 nitrogen and oxygen atoms in total. The van der Waals surface area contributed by atoms with Gasteiger partial charge in [-0.1, -0.05) is 41.5 Å². The summed E-state index contributed by atoms with van der Waals surface area (Å²) in [5, 5.41) is 41.1. The number of carbonyl (C=O) groups excluding carboxylic acids is 6. The van der Waals surface area contributed by atoms with Crippen LogP contribution in [0.15, 0.2) is 12.5 Å². The minimum absolute atomic E-state index is 0.0560. The third-order valence-corrected chi connectivity index (χ3v) is 8.79. The van der Waals surface area contributed by atoms with Crippen molar-refractivity contribution in [2.75, 3.05) is 19.8 Å². The van der Waals surface area contributed by atoms with E-state index in [1.165, 1.54) is 17.4 Å². The molecule has 1 saturated heterocycles. The molecule has 1 aromatic heterocycles. The number of aromatic amines is 1. The van der Waals surface area contributed by atoms with Crippen LogP contribution in [0.3, 0.4) is 0 Å². The topological polar surface area (TPSA) is 298 Å². The van der Waals surface area contributed by atoms with Crippen LogP contribution in [0.25, 0.3) is 0 Å². The van der Waals surface area contributed by atoms with E-state index in [0.717, 1.165) is 0 Å². The number of nitrogens with two attached hydrogens (primary N) is 1. The number of nitrogens with zero attached hydrogens (tertiary/aromatic N) is 2. The molecule has 0 aliphatic carbocycles. The summed E-state index contributed by atoms with van der Waals surface area (Å²) >= 11 is 0. The van der Waals surface area contributed by atoms with Gasteiger partial charge in [-0.2, -0.15) is 0 Å². The predicted octanol–water partition coefficient (Wildman–Crippen LogP) is -2.10. The fraction of sp³-hybridized carbons (Fsp3) is 0.714. The van der Waals surface area contributed by atoms with E-state index < -0.39 is 91.0 Å². The third-order valence-electron chi connectivity index (χ3n) is 8.79. The lowest BCUT2D eigenvalue weighted by Gasteiger charge is -2.30. The number of aliphatic hydroxyl groups excluding tert-OH is 2. The van der Waals surface area contributed by atoms with Crippen LogP contribution in [-0.2, 0) is 40.0 Å². The highest BCUT2D eigenvalue weighted by atomic mass is 16.4. The zero-order valence-corrected chi connectivity index (χ0v) is 32.0. The number of aromatic nitrogens is 2. The van der Waals surface area contributed by atoms with Crippen molar-refractivity contribution in [2.45, 2.75) is 122 Å². The van der Waals surface area contributed by atoms with E-state index in [1.54, 1.807) is 13.8 Å². The molecule has 19 heteroatoms. The molecule has 2 heterocycles. The Morgan fingerprint density at radius 2 is 1.24 bits per heavy atom. The van der Waals surface area contributed by atoms with Crippen molar-refractivity contribution in [2.24, 2.45) is 23.5 Å². The molecule has 11 N–H and O–H groups in total. The van der Waals surface area contributed by atoms with Gasteiger partial charge in [0.1, 0.15) is 36.3 Å². The minimum atomic E-state index is -1.62. The molecule has 6 amide bonds. The molecule has 0 radical (unpaired) electrons. The first kappa shape index (κ1) is 45.5. The van der Waals surface area contributed by atoms with Gasteiger partial charge in [0.2, 0.25) is 35.4 Å². The minimum Gasteiger partial charge on any atom is -0.480 e. The average Bonchev–Trinajstić information content (AvgIpc) is 3.80. The molecule has 1 aliphatic rings. The first-order chi connectivity index (χ1) is 25.4. The third kappa shape index (κ3) is 14.3. The Kier molecular flexibility index (Phi) is 18.5. The maximum Gasteiger partial charge on any atom is 0.328 e. The van der Waals surface area contributed by atoms with Crippen LogP contribution >= 0.6 is 0 Å². The second-order valence-corrected chi connectivity index (χ2v) is 15.0. The van der Waals surface area contributed by atoms with Crippen LogP contribution < -0.4 is 32.3 Å². The molecule has 1 fully saturated rings. The number of amides is 6. The molecule has 1 aliphatic heterocycles. The lowest BCUT2D eigenvalue weighted by atomic mass is 10.0. The number of carboxylic acid groups (broad SMARTS) is 1. The Labute approximate surface area is 315 Å². The van der Waals surface area contributed by atoms with Gasteiger partial charge in [0.15, 0.2) is 0 Å². The van der Waals surface area contributed by atoms with Crippen molar-refractivity contribution in [1.82, 2.24) is 41.5 Å². The van der Waals surface area contributed by atoms with Gasteiger partial charge in [0.25, 0.3) is 0 Å². The van der Waals surface area contributed by atoms with Crippen molar-refractivity contribution in [3.8, 4) is 0 Å². The number of imidazole rings is 1. The summed E-state index contributed by atoms with van der Waals surface area (Å²) in [4.78, 5) is 100. The quantitative estimate of drug-likeness (QED) is 0.0608. The summed E-state index contributed by atoms with van der Waals surface area (Å²) < 4.78 is 0. The van der Waals surface area contributed by atoms with Crippen LogP contribution in [0.5, 0.6) is 0 Å². The van der Waals surface area contributed by atoms with E-state index in [2.05, 4.69) is 36.6 Å². The van der Waals surface area contributed by atoms with Crippen molar-refractivity contribution < 1.29 is 48.9 Å². The summed E-state index contributed by atoms with van der Waals surface area (Å²) in [6.45, 7) is 9.64. The van der Waals surface area contributed by atoms with Gasteiger partial charge < -0.3 is 57.5 Å². The molecule has 0 spiro atoms. The Morgan fingerprint density at radius 1 is 0.759 bits per heavy atom. The van der Waals surface area contributed by atoms with E-state index in [1.807, 2.05) is 27.7 Å². The maximum atomic E-state index is 13.8. The molecule has 54 heavy (non-hydrogen) atoms. The monoisotopic (exact) mass is 765 g/mol. The molecule has 1 aromatic rings. The zero-order chi connectivity index (χ0) is 40.7. The largest absolute Gasteiger partial charge is 0.480 e. The number of carboxylic acids is 1. The normalized spacial score (nSPS) is 17.6. The molecule has 0 bridgehead atoms. The Balaban J connectivity index is 2.26. The molecular weight excluding hydrogens is 706 g/mol. The van der Waals surface area contributed by atoms with Gasteiger partial charge in [-0.05, 0) is 49.9 Å². The van der Waals surface area contributed by atoms with Gasteiger partial charge in [-0.3, -0.25) is 28.8 Å². The second-order valence-electron chi connectivity index (χ2n) is 15.0. The number of nitrogens with one attached hydrogen (secondary N) is 6. The lowest BCUT2D eigenvalue weighted by Crippen LogP contribution is -2.61. The zero-order valence-electron chi connectivity index (χ0n) is 32.0. The van der Waals surface area contributed by atoms with Gasteiger partial charge in [0, 0.05) is 24.9 Å². The highest BCUT2D eigenvalue weighted by Gasteiger charge is 2.39. The highest BCUT2D eigenvalue weighted by Crippen LogP contribution is 2.20. The van der Waals surface area contributed by atoms with E-state index in [9.17, 15) is 48.9 Å². The van der Waals surface area contributed by atoms with Gasteiger partial charge in [-0.25, -0.2) is 9.78 Å². The molecule has 0 aromatic carbocycles. The van der Waals surface area contributed by atoms with Crippen LogP contribution in [0.4, 0.5) is 0 Å². The van der Waals surface area contributed by atoms with Gasteiger partial charge in [-0.15, -0.1) is 0 Å². The SMILES string of the molecule is CC(C)C[C@H](NC(=O)[C@H](CO)NC(=O)[C@H](Cc1cnc[nH]1)NC(=O)[C@H](CC(C)C)NC(=O)[C@@H]1CCCN1C(=O)[C@@H](N)CC(C)C)C(=O)N[C@@H](CO)C(=O)O. The summed E-state index contributed by atoms with van der Waals surface area (Å²) in [6, 6.07) is -8.57. The average molecular weight is 766 g/mol. The van der Waals surface area contributed by atoms with Crippen LogP contribution in [0.2, 0.25) is 0 Å². The van der Waals surface area contributed by atoms with Crippen molar-refractivity contribution in [3.05, 3.63) is 18.2 Å². The van der Waals surface area contributed by atoms with Gasteiger partial charge >= 0.3 is 5.97 Å². The van der Waals surface area contributed by atoms with Crippen LogP contribution in [0.1, 0.15) is 79.3 Å². The molecule has 2 rings (SSSR count). The number of H-pyrrole nitrogens is 1.